The molecule has 0 saturated carbocycles. The number of carbonyl (C=O) groups is 2. The van der Waals surface area contributed by atoms with Crippen LogP contribution in [0.5, 0.6) is 11.5 Å². The average molecular weight is 336 g/mol. The van der Waals surface area contributed by atoms with E-state index in [1.54, 1.807) is 24.3 Å². The molecule has 2 amide bonds. The minimum absolute atomic E-state index is 0.0593. The molecule has 0 bridgehead atoms. The topological polar surface area (TPSA) is 65.1 Å². The number of benzene rings is 2. The van der Waals surface area contributed by atoms with E-state index in [1.807, 2.05) is 0 Å². The zero-order valence-corrected chi connectivity index (χ0v) is 13.3. The number of ether oxygens (including phenoxy) is 2. The summed E-state index contributed by atoms with van der Waals surface area (Å²) in [7, 11) is 3.04. The summed E-state index contributed by atoms with van der Waals surface area (Å²) in [5, 5.41) is 1.84. The second-order valence-corrected chi connectivity index (χ2v) is 5.19. The number of hydroxylamine groups is 2. The summed E-state index contributed by atoms with van der Waals surface area (Å²) < 4.78 is 10.7. The van der Waals surface area contributed by atoms with Crippen molar-refractivity contribution in [2.75, 3.05) is 26.7 Å². The lowest BCUT2D eigenvalue weighted by molar-refractivity contribution is -0.0895. The van der Waals surface area contributed by atoms with Crippen LogP contribution in [0.3, 0.4) is 0 Å². The third kappa shape index (κ3) is 2.31. The summed E-state index contributed by atoms with van der Waals surface area (Å²) in [5.74, 6) is 0.156. The molecule has 23 heavy (non-hydrogen) atoms. The first kappa shape index (κ1) is 15.6. The molecule has 7 heteroatoms. The molecule has 1 heterocycles. The number of imide groups is 1. The smallest absolute Gasteiger partial charge is 0.285 e. The Morgan fingerprint density at radius 1 is 0.913 bits per heavy atom. The van der Waals surface area contributed by atoms with E-state index in [1.165, 1.54) is 14.2 Å². The summed E-state index contributed by atoms with van der Waals surface area (Å²) in [6, 6.07) is 6.54. The number of alkyl halides is 1. The van der Waals surface area contributed by atoms with E-state index in [4.69, 9.17) is 25.9 Å². The van der Waals surface area contributed by atoms with Crippen molar-refractivity contribution in [3.63, 3.8) is 0 Å². The molecule has 2 aromatic carbocycles. The van der Waals surface area contributed by atoms with Crippen molar-refractivity contribution in [1.82, 2.24) is 5.06 Å². The van der Waals surface area contributed by atoms with Gasteiger partial charge in [-0.1, -0.05) is 0 Å². The molecule has 2 aromatic rings. The minimum atomic E-state index is -0.534. The van der Waals surface area contributed by atoms with Crippen LogP contribution >= 0.6 is 11.6 Å². The molecule has 0 atom stereocenters. The maximum Gasteiger partial charge on any atom is 0.285 e. The summed E-state index contributed by atoms with van der Waals surface area (Å²) in [4.78, 5) is 30.3. The van der Waals surface area contributed by atoms with Gasteiger partial charge in [-0.15, -0.1) is 16.7 Å². The summed E-state index contributed by atoms with van der Waals surface area (Å²) >= 11 is 5.57. The summed E-state index contributed by atoms with van der Waals surface area (Å²) in [6.07, 6.45) is 0. The van der Waals surface area contributed by atoms with E-state index < -0.39 is 11.8 Å². The van der Waals surface area contributed by atoms with Crippen LogP contribution in [0.25, 0.3) is 10.8 Å². The third-order valence-electron chi connectivity index (χ3n) is 3.65. The Morgan fingerprint density at radius 3 is 1.87 bits per heavy atom. The van der Waals surface area contributed by atoms with E-state index in [0.29, 0.717) is 33.4 Å². The molecule has 120 valence electrons. The number of methoxy groups -OCH3 is 2. The van der Waals surface area contributed by atoms with Crippen LogP contribution in [-0.2, 0) is 4.84 Å². The van der Waals surface area contributed by atoms with Crippen molar-refractivity contribution in [3.8, 4) is 11.5 Å². The van der Waals surface area contributed by atoms with Crippen molar-refractivity contribution < 1.29 is 23.9 Å². The van der Waals surface area contributed by atoms with Gasteiger partial charge in [-0.05, 0) is 24.3 Å². The number of rotatable bonds is 5. The molecular formula is C16H14ClNO5. The molecule has 0 unspecified atom stereocenters. The molecule has 1 aliphatic rings. The minimum Gasteiger partial charge on any atom is -0.496 e. The van der Waals surface area contributed by atoms with E-state index >= 15 is 0 Å². The largest absolute Gasteiger partial charge is 0.496 e. The molecule has 0 N–H and O–H groups in total. The molecule has 1 aliphatic heterocycles. The van der Waals surface area contributed by atoms with Crippen LogP contribution < -0.4 is 9.47 Å². The average Bonchev–Trinajstić information content (AvgIpc) is 2.58. The van der Waals surface area contributed by atoms with E-state index in [0.717, 1.165) is 5.06 Å². The lowest BCUT2D eigenvalue weighted by atomic mass is 9.94. The number of halogens is 1. The molecule has 0 fully saturated rings. The predicted octanol–water partition coefficient (Wildman–Crippen LogP) is 2.62. The van der Waals surface area contributed by atoms with Crippen molar-refractivity contribution in [1.29, 1.82) is 0 Å². The van der Waals surface area contributed by atoms with Crippen LogP contribution in [0.1, 0.15) is 20.7 Å². The molecule has 6 nitrogen and oxygen atoms in total. The van der Waals surface area contributed by atoms with Gasteiger partial charge < -0.3 is 9.47 Å². The highest BCUT2D eigenvalue weighted by Gasteiger charge is 2.35. The van der Waals surface area contributed by atoms with Gasteiger partial charge >= 0.3 is 0 Å². The van der Waals surface area contributed by atoms with Crippen molar-refractivity contribution in [2.45, 2.75) is 0 Å². The van der Waals surface area contributed by atoms with E-state index in [-0.39, 0.29) is 12.5 Å². The first-order valence-electron chi connectivity index (χ1n) is 6.89. The second kappa shape index (κ2) is 6.06. The number of carbonyl (C=O) groups excluding carboxylic acids is 2. The Bertz CT molecular complexity index is 746. The molecule has 0 saturated heterocycles. The first-order chi connectivity index (χ1) is 11.1. The Hall–Kier alpha value is -2.31. The van der Waals surface area contributed by atoms with Gasteiger partial charge in [0.2, 0.25) is 0 Å². The Kier molecular flexibility index (Phi) is 4.11. The zero-order valence-electron chi connectivity index (χ0n) is 12.6. The van der Waals surface area contributed by atoms with Gasteiger partial charge in [0.1, 0.15) is 11.5 Å². The molecular weight excluding hydrogens is 322 g/mol. The summed E-state index contributed by atoms with van der Waals surface area (Å²) in [6.45, 7) is 0.0593. The van der Waals surface area contributed by atoms with Gasteiger partial charge in [0, 0.05) is 11.3 Å². The molecule has 0 aliphatic carbocycles. The van der Waals surface area contributed by atoms with Crippen LogP contribution in [0.2, 0.25) is 0 Å². The van der Waals surface area contributed by atoms with E-state index in [2.05, 4.69) is 0 Å². The normalized spacial score (nSPS) is 13.6. The quantitative estimate of drug-likeness (QED) is 0.621. The molecule has 0 spiro atoms. The van der Waals surface area contributed by atoms with Crippen LogP contribution in [-0.4, -0.2) is 43.6 Å². The zero-order chi connectivity index (χ0) is 16.6. The van der Waals surface area contributed by atoms with Crippen molar-refractivity contribution in [2.24, 2.45) is 0 Å². The Balaban J connectivity index is 2.29. The Labute approximate surface area is 137 Å². The number of nitrogens with zero attached hydrogens (tertiary/aromatic N) is 1. The van der Waals surface area contributed by atoms with Crippen molar-refractivity contribution in [3.05, 3.63) is 35.4 Å². The van der Waals surface area contributed by atoms with Crippen LogP contribution in [0, 0.1) is 0 Å². The SMILES string of the molecule is COc1ccc2c3c(ccc(OC)c13)C(=O)N(OCCCl)C2=O. The molecule has 3 rings (SSSR count). The van der Waals surface area contributed by atoms with Gasteiger partial charge in [-0.25, -0.2) is 0 Å². The van der Waals surface area contributed by atoms with Crippen LogP contribution in [0.15, 0.2) is 24.3 Å². The Morgan fingerprint density at radius 2 is 1.43 bits per heavy atom. The number of hydrogen-bond donors (Lipinski definition) is 0. The highest BCUT2D eigenvalue weighted by atomic mass is 35.5. The fraction of sp³-hybridized carbons (Fsp3) is 0.250. The lowest BCUT2D eigenvalue weighted by Gasteiger charge is -2.26. The molecule has 0 aromatic heterocycles. The predicted molar refractivity (Wildman–Crippen MR) is 84.2 cm³/mol. The highest BCUT2D eigenvalue weighted by Crippen LogP contribution is 2.40. The fourth-order valence-corrected chi connectivity index (χ4v) is 2.75. The van der Waals surface area contributed by atoms with Gasteiger partial charge in [-0.2, -0.15) is 0 Å². The van der Waals surface area contributed by atoms with Gasteiger partial charge in [0.15, 0.2) is 0 Å². The fourth-order valence-electron chi connectivity index (χ4n) is 2.68. The van der Waals surface area contributed by atoms with E-state index in [9.17, 15) is 9.59 Å². The van der Waals surface area contributed by atoms with Crippen molar-refractivity contribution >= 4 is 34.2 Å². The van der Waals surface area contributed by atoms with Gasteiger partial charge in [0.25, 0.3) is 11.8 Å². The van der Waals surface area contributed by atoms with Gasteiger partial charge in [-0.3, -0.25) is 14.4 Å². The maximum absolute atomic E-state index is 12.6. The highest BCUT2D eigenvalue weighted by molar-refractivity contribution is 6.26. The summed E-state index contributed by atoms with van der Waals surface area (Å²) in [5.41, 5.74) is 0.702. The number of hydrogen-bond acceptors (Lipinski definition) is 5. The number of amides is 2. The molecule has 0 radical (unpaired) electrons. The van der Waals surface area contributed by atoms with Crippen LogP contribution in [0.4, 0.5) is 0 Å². The first-order valence-corrected chi connectivity index (χ1v) is 7.42. The maximum atomic E-state index is 12.6. The monoisotopic (exact) mass is 335 g/mol. The van der Waals surface area contributed by atoms with Gasteiger partial charge in [0.05, 0.1) is 37.3 Å². The third-order valence-corrected chi connectivity index (χ3v) is 3.81. The second-order valence-electron chi connectivity index (χ2n) is 4.81. The standard InChI is InChI=1S/C16H14ClNO5/c1-21-11-5-3-9-13-10(4-6-12(22-2)14(11)13)16(20)18(15(9)19)23-8-7-17/h3-6H,7-8H2,1-2H3. The lowest BCUT2D eigenvalue weighted by Crippen LogP contribution is -2.40.